The molecule has 0 amide bonds. The summed E-state index contributed by atoms with van der Waals surface area (Å²) in [5, 5.41) is 7.73. The highest BCUT2D eigenvalue weighted by Crippen LogP contribution is 2.60. The van der Waals surface area contributed by atoms with Gasteiger partial charge in [-0.25, -0.2) is 0 Å². The minimum atomic E-state index is -0.507. The van der Waals surface area contributed by atoms with Crippen molar-refractivity contribution in [1.29, 1.82) is 0 Å². The third-order valence-corrected chi connectivity index (χ3v) is 14.7. The van der Waals surface area contributed by atoms with Crippen LogP contribution in [0.2, 0.25) is 0 Å². The molecule has 306 valence electrons. The van der Waals surface area contributed by atoms with E-state index in [4.69, 9.17) is 0 Å². The summed E-state index contributed by atoms with van der Waals surface area (Å²) < 4.78 is 0. The zero-order valence-corrected chi connectivity index (χ0v) is 36.5. The maximum Gasteiger partial charge on any atom is 0.0714 e. The second-order valence-electron chi connectivity index (χ2n) is 18.4. The zero-order valence-electron chi connectivity index (χ0n) is 36.5. The fourth-order valence-electron chi connectivity index (χ4n) is 11.8. The standard InChI is InChI=1S/C64H45N/c1-63(2)57-28-15-13-26-53(57)54-39-37-47(41-60(54)63)65(46-35-32-42(33-36-46)43-34-38-52-50-24-10-9-22-48(50)49-23-11-12-25-51(49)56(52)40-43)61-31-17-30-59-62(61)55-27-14-16-29-58(55)64(59,44-18-5-3-6-19-44)45-20-7-4-8-21-45/h3-41H,1-2H3. The van der Waals surface area contributed by atoms with E-state index in [0.29, 0.717) is 0 Å². The van der Waals surface area contributed by atoms with Crippen molar-refractivity contribution >= 4 is 49.4 Å². The first-order valence-corrected chi connectivity index (χ1v) is 22.8. The van der Waals surface area contributed by atoms with Crippen LogP contribution < -0.4 is 4.90 Å². The summed E-state index contributed by atoms with van der Waals surface area (Å²) in [4.78, 5) is 2.52. The molecule has 0 aromatic heterocycles. The number of nitrogens with zero attached hydrogens (tertiary/aromatic N) is 1. The molecule has 1 nitrogen and oxygen atoms in total. The van der Waals surface area contributed by atoms with Gasteiger partial charge in [0, 0.05) is 22.4 Å². The van der Waals surface area contributed by atoms with Gasteiger partial charge in [-0.1, -0.05) is 214 Å². The Labute approximate surface area is 380 Å². The number of hydrogen-bond acceptors (Lipinski definition) is 1. The molecule has 11 aromatic carbocycles. The smallest absolute Gasteiger partial charge is 0.0714 e. The van der Waals surface area contributed by atoms with Crippen LogP contribution in [0.5, 0.6) is 0 Å². The predicted octanol–water partition coefficient (Wildman–Crippen LogP) is 17.0. The Balaban J connectivity index is 1.03. The van der Waals surface area contributed by atoms with Gasteiger partial charge in [-0.3, -0.25) is 0 Å². The lowest BCUT2D eigenvalue weighted by atomic mass is 9.68. The van der Waals surface area contributed by atoms with E-state index in [1.165, 1.54) is 99.1 Å². The number of anilines is 3. The van der Waals surface area contributed by atoms with Crippen molar-refractivity contribution in [2.45, 2.75) is 24.7 Å². The minimum Gasteiger partial charge on any atom is -0.310 e. The highest BCUT2D eigenvalue weighted by Gasteiger charge is 2.47. The van der Waals surface area contributed by atoms with Gasteiger partial charge in [0.05, 0.1) is 11.1 Å². The Morgan fingerprint density at radius 3 is 1.46 bits per heavy atom. The molecule has 0 bridgehead atoms. The van der Waals surface area contributed by atoms with Crippen LogP contribution >= 0.6 is 0 Å². The summed E-state index contributed by atoms with van der Waals surface area (Å²) >= 11 is 0. The van der Waals surface area contributed by atoms with Gasteiger partial charge in [-0.05, 0) is 130 Å². The molecule has 0 fully saturated rings. The fraction of sp³-hybridized carbons (Fsp3) is 0.0625. The van der Waals surface area contributed by atoms with Gasteiger partial charge in [0.15, 0.2) is 0 Å². The first-order valence-electron chi connectivity index (χ1n) is 22.8. The van der Waals surface area contributed by atoms with E-state index < -0.39 is 5.41 Å². The molecule has 0 heterocycles. The van der Waals surface area contributed by atoms with Crippen LogP contribution in [0.1, 0.15) is 47.2 Å². The molecule has 0 atom stereocenters. The summed E-state index contributed by atoms with van der Waals surface area (Å²) in [6, 6.07) is 88.3. The Morgan fingerprint density at radius 1 is 0.308 bits per heavy atom. The van der Waals surface area contributed by atoms with Crippen LogP contribution in [0.15, 0.2) is 237 Å². The lowest BCUT2D eigenvalue weighted by molar-refractivity contribution is 0.660. The summed E-state index contributed by atoms with van der Waals surface area (Å²) in [5.41, 5.74) is 18.2. The van der Waals surface area contributed by atoms with E-state index in [1.54, 1.807) is 0 Å². The van der Waals surface area contributed by atoms with Crippen LogP contribution in [0.3, 0.4) is 0 Å². The van der Waals surface area contributed by atoms with E-state index in [0.717, 1.165) is 17.1 Å². The second-order valence-corrected chi connectivity index (χ2v) is 18.4. The molecule has 0 saturated heterocycles. The van der Waals surface area contributed by atoms with Gasteiger partial charge < -0.3 is 4.90 Å². The molecular weight excluding hydrogens is 783 g/mol. The zero-order chi connectivity index (χ0) is 43.3. The average molecular weight is 828 g/mol. The Morgan fingerprint density at radius 2 is 0.800 bits per heavy atom. The monoisotopic (exact) mass is 827 g/mol. The maximum atomic E-state index is 2.52. The van der Waals surface area contributed by atoms with Gasteiger partial charge in [-0.2, -0.15) is 0 Å². The van der Waals surface area contributed by atoms with Crippen molar-refractivity contribution in [3.05, 3.63) is 270 Å². The largest absolute Gasteiger partial charge is 0.310 e. The normalized spacial score (nSPS) is 13.9. The second kappa shape index (κ2) is 14.3. The average Bonchev–Trinajstić information content (AvgIpc) is 3.80. The van der Waals surface area contributed by atoms with Crippen LogP contribution in [-0.2, 0) is 10.8 Å². The third kappa shape index (κ3) is 5.39. The minimum absolute atomic E-state index is 0.149. The molecule has 0 aliphatic heterocycles. The molecule has 13 rings (SSSR count). The van der Waals surface area contributed by atoms with Crippen molar-refractivity contribution in [1.82, 2.24) is 0 Å². The first kappa shape index (κ1) is 37.5. The molecule has 0 radical (unpaired) electrons. The van der Waals surface area contributed by atoms with Crippen molar-refractivity contribution < 1.29 is 0 Å². The number of fused-ring (bicyclic) bond motifs is 12. The fourth-order valence-corrected chi connectivity index (χ4v) is 11.8. The first-order chi connectivity index (χ1) is 32.0. The SMILES string of the molecule is CC1(C)c2ccccc2-c2ccc(N(c3ccc(-c4ccc5c6ccccc6c6ccccc6c5c4)cc3)c3cccc4c3-c3ccccc3C4(c3ccccc3)c3ccccc3)cc21. The number of hydrogen-bond donors (Lipinski definition) is 0. The molecule has 0 spiro atoms. The summed E-state index contributed by atoms with van der Waals surface area (Å²) in [6.45, 7) is 4.75. The van der Waals surface area contributed by atoms with Gasteiger partial charge in [0.25, 0.3) is 0 Å². The molecule has 0 saturated carbocycles. The van der Waals surface area contributed by atoms with Crippen molar-refractivity contribution in [3.8, 4) is 33.4 Å². The topological polar surface area (TPSA) is 3.24 Å². The van der Waals surface area contributed by atoms with Gasteiger partial charge in [0.2, 0.25) is 0 Å². The van der Waals surface area contributed by atoms with Crippen molar-refractivity contribution in [3.63, 3.8) is 0 Å². The molecule has 2 aliphatic rings. The Hall–Kier alpha value is -8.00. The van der Waals surface area contributed by atoms with Crippen LogP contribution in [0, 0.1) is 0 Å². The van der Waals surface area contributed by atoms with E-state index >= 15 is 0 Å². The quantitative estimate of drug-likeness (QED) is 0.151. The van der Waals surface area contributed by atoms with Crippen molar-refractivity contribution in [2.24, 2.45) is 0 Å². The van der Waals surface area contributed by atoms with Crippen LogP contribution in [-0.4, -0.2) is 0 Å². The predicted molar refractivity (Wildman–Crippen MR) is 274 cm³/mol. The van der Waals surface area contributed by atoms with Crippen LogP contribution in [0.25, 0.3) is 65.7 Å². The van der Waals surface area contributed by atoms with E-state index in [-0.39, 0.29) is 5.41 Å². The molecule has 11 aromatic rings. The van der Waals surface area contributed by atoms with Gasteiger partial charge in [0.1, 0.15) is 0 Å². The number of benzene rings is 11. The molecule has 1 heteroatoms. The van der Waals surface area contributed by atoms with Crippen LogP contribution in [0.4, 0.5) is 17.1 Å². The Bertz CT molecular complexity index is 3600. The van der Waals surface area contributed by atoms with E-state index in [1.807, 2.05) is 0 Å². The number of rotatable bonds is 6. The third-order valence-electron chi connectivity index (χ3n) is 14.7. The lowest BCUT2D eigenvalue weighted by Gasteiger charge is -2.34. The summed E-state index contributed by atoms with van der Waals surface area (Å²) in [6.07, 6.45) is 0. The highest BCUT2D eigenvalue weighted by molar-refractivity contribution is 6.25. The highest BCUT2D eigenvalue weighted by atomic mass is 15.1. The van der Waals surface area contributed by atoms with Gasteiger partial charge in [-0.15, -0.1) is 0 Å². The Kier molecular flexibility index (Phi) is 8.24. The maximum absolute atomic E-state index is 2.52. The molecule has 65 heavy (non-hydrogen) atoms. The van der Waals surface area contributed by atoms with E-state index in [2.05, 4.69) is 255 Å². The summed E-state index contributed by atoms with van der Waals surface area (Å²) in [7, 11) is 0. The van der Waals surface area contributed by atoms with Gasteiger partial charge >= 0.3 is 0 Å². The lowest BCUT2D eigenvalue weighted by Crippen LogP contribution is -2.28. The molecule has 0 N–H and O–H groups in total. The molecular formula is C64H45N. The molecule has 2 aliphatic carbocycles. The van der Waals surface area contributed by atoms with Crippen molar-refractivity contribution in [2.75, 3.05) is 4.90 Å². The molecule has 0 unspecified atom stereocenters. The van der Waals surface area contributed by atoms with E-state index in [9.17, 15) is 0 Å². The summed E-state index contributed by atoms with van der Waals surface area (Å²) in [5.74, 6) is 0.